The van der Waals surface area contributed by atoms with E-state index in [2.05, 4.69) is 0 Å². The molecule has 1 nitrogen and oxygen atoms in total. The van der Waals surface area contributed by atoms with Gasteiger partial charge in [0.2, 0.25) is 0 Å². The van der Waals surface area contributed by atoms with Crippen LogP contribution in [0.3, 0.4) is 0 Å². The number of allylic oxidation sites excluding steroid dienone is 4. The maximum atomic E-state index is 10.9. The lowest BCUT2D eigenvalue weighted by Gasteiger charge is -1.98. The quantitative estimate of drug-likeness (QED) is 0.439. The Morgan fingerprint density at radius 1 is 1.00 bits per heavy atom. The molecule has 0 unspecified atom stereocenters. The molecule has 0 aliphatic carbocycles. The van der Waals surface area contributed by atoms with Gasteiger partial charge in [0.1, 0.15) is 0 Å². The molecule has 1 heteroatoms. The number of hydrogen-bond donors (Lipinski definition) is 0. The number of ketones is 1. The Kier molecular flexibility index (Phi) is 3.80. The highest BCUT2D eigenvalue weighted by Gasteiger charge is 1.98. The van der Waals surface area contributed by atoms with Crippen molar-refractivity contribution in [3.63, 3.8) is 0 Å². The molecule has 0 heterocycles. The largest absolute Gasteiger partial charge is 0.295 e. The average Bonchev–Trinajstić information content (AvgIpc) is 1.84. The van der Waals surface area contributed by atoms with Crippen LogP contribution >= 0.6 is 0 Å². The summed E-state index contributed by atoms with van der Waals surface area (Å²) in [5.74, 6) is 0.153. The zero-order valence-corrected chi connectivity index (χ0v) is 7.99. The summed E-state index contributed by atoms with van der Waals surface area (Å²) in [4.78, 5) is 10.9. The molecule has 0 saturated heterocycles. The highest BCUT2D eigenvalue weighted by molar-refractivity contribution is 5.93. The van der Waals surface area contributed by atoms with Crippen LogP contribution in [-0.4, -0.2) is 5.78 Å². The van der Waals surface area contributed by atoms with E-state index in [9.17, 15) is 4.79 Å². The lowest BCUT2D eigenvalue weighted by atomic mass is 10.1. The van der Waals surface area contributed by atoms with Gasteiger partial charge in [-0.25, -0.2) is 0 Å². The van der Waals surface area contributed by atoms with Gasteiger partial charge in [-0.3, -0.25) is 4.79 Å². The fourth-order valence-electron chi connectivity index (χ4n) is 0.819. The van der Waals surface area contributed by atoms with E-state index < -0.39 is 0 Å². The number of Topliss-reactive ketones (excluding diaryl/α,β-unsaturated/α-hetero) is 1. The topological polar surface area (TPSA) is 17.1 Å². The Balaban J connectivity index is 4.68. The van der Waals surface area contributed by atoms with Gasteiger partial charge in [0.05, 0.1) is 0 Å². The van der Waals surface area contributed by atoms with E-state index in [1.54, 1.807) is 6.92 Å². The molecule has 0 rings (SSSR count). The molecule has 0 amide bonds. The maximum absolute atomic E-state index is 10.9. The predicted octanol–water partition coefficient (Wildman–Crippen LogP) is 2.88. The van der Waals surface area contributed by atoms with Gasteiger partial charge >= 0.3 is 0 Å². The second kappa shape index (κ2) is 4.12. The summed E-state index contributed by atoms with van der Waals surface area (Å²) in [6, 6.07) is 0. The van der Waals surface area contributed by atoms with Crippen LogP contribution in [0.15, 0.2) is 22.8 Å². The number of hydrogen-bond acceptors (Lipinski definition) is 1. The molecule has 0 aromatic carbocycles. The van der Waals surface area contributed by atoms with Crippen LogP contribution in [0.25, 0.3) is 0 Å². The molecule has 0 atom stereocenters. The van der Waals surface area contributed by atoms with Crippen molar-refractivity contribution in [3.8, 4) is 0 Å². The van der Waals surface area contributed by atoms with Crippen molar-refractivity contribution < 1.29 is 4.79 Å². The summed E-state index contributed by atoms with van der Waals surface area (Å²) >= 11 is 0. The zero-order chi connectivity index (χ0) is 9.02. The van der Waals surface area contributed by atoms with Gasteiger partial charge in [-0.05, 0) is 45.8 Å². The predicted molar refractivity (Wildman–Crippen MR) is 48.5 cm³/mol. The molecular formula is C10H16O. The molecule has 0 aromatic heterocycles. The van der Waals surface area contributed by atoms with Gasteiger partial charge in [-0.1, -0.05) is 11.6 Å². The first kappa shape index (κ1) is 10.2. The van der Waals surface area contributed by atoms with Gasteiger partial charge in [-0.15, -0.1) is 0 Å². The molecule has 0 aliphatic heterocycles. The smallest absolute Gasteiger partial charge is 0.155 e. The van der Waals surface area contributed by atoms with E-state index in [4.69, 9.17) is 0 Å². The first-order valence-corrected chi connectivity index (χ1v) is 3.78. The van der Waals surface area contributed by atoms with E-state index in [1.807, 2.05) is 33.8 Å². The van der Waals surface area contributed by atoms with Crippen molar-refractivity contribution in [2.24, 2.45) is 0 Å². The summed E-state index contributed by atoms with van der Waals surface area (Å²) in [6.45, 7) is 9.46. The van der Waals surface area contributed by atoms with Crippen LogP contribution in [0.2, 0.25) is 0 Å². The molecule has 62 valence electrons. The van der Waals surface area contributed by atoms with E-state index in [0.717, 1.165) is 11.1 Å². The SMILES string of the molecule is CC(=O)/C(C)=C(\C)C=C(C)C. The molecule has 0 bridgehead atoms. The molecule has 0 spiro atoms. The van der Waals surface area contributed by atoms with Gasteiger partial charge in [0.25, 0.3) is 0 Å². The van der Waals surface area contributed by atoms with Crippen molar-refractivity contribution in [2.75, 3.05) is 0 Å². The molecule has 0 radical (unpaired) electrons. The third-order valence-corrected chi connectivity index (χ3v) is 1.62. The van der Waals surface area contributed by atoms with Crippen molar-refractivity contribution in [1.82, 2.24) is 0 Å². The number of carbonyl (C=O) groups is 1. The maximum Gasteiger partial charge on any atom is 0.155 e. The number of rotatable bonds is 2. The Hall–Kier alpha value is -0.850. The molecule has 0 saturated carbocycles. The molecular weight excluding hydrogens is 136 g/mol. The molecule has 0 aliphatic rings. The molecule has 0 N–H and O–H groups in total. The first-order valence-electron chi connectivity index (χ1n) is 3.78. The van der Waals surface area contributed by atoms with Crippen molar-refractivity contribution in [2.45, 2.75) is 34.6 Å². The summed E-state index contributed by atoms with van der Waals surface area (Å²) in [6.07, 6.45) is 2.02. The van der Waals surface area contributed by atoms with Crippen LogP contribution in [0.1, 0.15) is 34.6 Å². The average molecular weight is 152 g/mol. The van der Waals surface area contributed by atoms with Crippen molar-refractivity contribution >= 4 is 5.78 Å². The minimum atomic E-state index is 0.153. The highest BCUT2D eigenvalue weighted by Crippen LogP contribution is 2.07. The highest BCUT2D eigenvalue weighted by atomic mass is 16.1. The third kappa shape index (κ3) is 3.76. The Morgan fingerprint density at radius 3 is 1.73 bits per heavy atom. The third-order valence-electron chi connectivity index (χ3n) is 1.62. The second-order valence-corrected chi connectivity index (χ2v) is 3.09. The second-order valence-electron chi connectivity index (χ2n) is 3.09. The molecule has 0 fully saturated rings. The minimum Gasteiger partial charge on any atom is -0.295 e. The Bertz CT molecular complexity index is 215. The van der Waals surface area contributed by atoms with Crippen LogP contribution in [0.5, 0.6) is 0 Å². The summed E-state index contributed by atoms with van der Waals surface area (Å²) in [5.41, 5.74) is 3.15. The Morgan fingerprint density at radius 2 is 1.45 bits per heavy atom. The first-order chi connectivity index (χ1) is 4.95. The molecule has 0 aromatic rings. The summed E-state index contributed by atoms with van der Waals surface area (Å²) < 4.78 is 0. The fourth-order valence-corrected chi connectivity index (χ4v) is 0.819. The lowest BCUT2D eigenvalue weighted by Crippen LogP contribution is -1.94. The van der Waals surface area contributed by atoms with Gasteiger partial charge in [-0.2, -0.15) is 0 Å². The van der Waals surface area contributed by atoms with E-state index in [-0.39, 0.29) is 5.78 Å². The van der Waals surface area contributed by atoms with Crippen LogP contribution in [0.4, 0.5) is 0 Å². The monoisotopic (exact) mass is 152 g/mol. The zero-order valence-electron chi connectivity index (χ0n) is 7.99. The van der Waals surface area contributed by atoms with E-state index in [1.165, 1.54) is 5.57 Å². The summed E-state index contributed by atoms with van der Waals surface area (Å²) in [7, 11) is 0. The lowest BCUT2D eigenvalue weighted by molar-refractivity contribution is -0.113. The van der Waals surface area contributed by atoms with Crippen molar-refractivity contribution in [3.05, 3.63) is 22.8 Å². The number of carbonyl (C=O) groups excluding carboxylic acids is 1. The van der Waals surface area contributed by atoms with Gasteiger partial charge in [0.15, 0.2) is 5.78 Å². The van der Waals surface area contributed by atoms with Gasteiger partial charge in [0, 0.05) is 0 Å². The van der Waals surface area contributed by atoms with Crippen LogP contribution in [0, 0.1) is 0 Å². The Labute approximate surface area is 68.8 Å². The van der Waals surface area contributed by atoms with Crippen molar-refractivity contribution in [1.29, 1.82) is 0 Å². The molecule has 11 heavy (non-hydrogen) atoms. The van der Waals surface area contributed by atoms with Gasteiger partial charge < -0.3 is 0 Å². The minimum absolute atomic E-state index is 0.153. The van der Waals surface area contributed by atoms with E-state index >= 15 is 0 Å². The van der Waals surface area contributed by atoms with Crippen LogP contribution in [-0.2, 0) is 4.79 Å². The normalized spacial score (nSPS) is 12.1. The van der Waals surface area contributed by atoms with E-state index in [0.29, 0.717) is 0 Å². The van der Waals surface area contributed by atoms with Crippen LogP contribution < -0.4 is 0 Å². The summed E-state index contributed by atoms with van der Waals surface area (Å²) in [5, 5.41) is 0. The standard InChI is InChI=1S/C10H16O/c1-7(2)6-8(3)9(4)10(5)11/h6H,1-5H3/b9-8+. The fraction of sp³-hybridized carbons (Fsp3) is 0.500.